The molecule has 1 aromatic carbocycles. The van der Waals surface area contributed by atoms with Gasteiger partial charge in [0.25, 0.3) is 0 Å². The van der Waals surface area contributed by atoms with Crippen molar-refractivity contribution in [3.05, 3.63) is 24.3 Å². The van der Waals surface area contributed by atoms with Crippen molar-refractivity contribution in [1.82, 2.24) is 0 Å². The van der Waals surface area contributed by atoms with Gasteiger partial charge in [0.1, 0.15) is 0 Å². The van der Waals surface area contributed by atoms with E-state index in [9.17, 15) is 4.79 Å². The van der Waals surface area contributed by atoms with Crippen molar-refractivity contribution in [3.8, 4) is 0 Å². The van der Waals surface area contributed by atoms with Crippen LogP contribution in [-0.2, 0) is 4.79 Å². The molecule has 0 saturated carbocycles. The zero-order valence-corrected chi connectivity index (χ0v) is 9.10. The van der Waals surface area contributed by atoms with Crippen LogP contribution in [0.2, 0.25) is 0 Å². The van der Waals surface area contributed by atoms with Crippen LogP contribution in [0, 0.1) is 5.92 Å². The lowest BCUT2D eigenvalue weighted by molar-refractivity contribution is -0.119. The topological polar surface area (TPSA) is 29.1 Å². The number of fused-ring (bicyclic) bond motifs is 1. The zero-order chi connectivity index (χ0) is 10.1. The fourth-order valence-corrected chi connectivity index (χ4v) is 2.57. The zero-order valence-electron chi connectivity index (χ0n) is 8.28. The normalized spacial score (nSPS) is 26.3. The minimum atomic E-state index is 0.0624. The Balaban J connectivity index is 2.39. The average Bonchev–Trinajstić information content (AvgIpc) is 2.28. The highest BCUT2D eigenvalue weighted by Gasteiger charge is 2.25. The van der Waals surface area contributed by atoms with Crippen LogP contribution in [0.4, 0.5) is 5.69 Å². The van der Waals surface area contributed by atoms with Gasteiger partial charge in [0.05, 0.1) is 5.69 Å². The Bertz CT molecular complexity index is 364. The van der Waals surface area contributed by atoms with Gasteiger partial charge < -0.3 is 5.32 Å². The molecule has 2 nitrogen and oxygen atoms in total. The van der Waals surface area contributed by atoms with Gasteiger partial charge in [-0.05, 0) is 12.1 Å². The molecule has 1 N–H and O–H groups in total. The first-order valence-electron chi connectivity index (χ1n) is 4.75. The van der Waals surface area contributed by atoms with Crippen molar-refractivity contribution in [2.24, 2.45) is 5.92 Å². The van der Waals surface area contributed by atoms with Crippen molar-refractivity contribution in [2.75, 3.05) is 5.32 Å². The lowest BCUT2D eigenvalue weighted by atomic mass is 10.1. The molecule has 0 fully saturated rings. The monoisotopic (exact) mass is 207 g/mol. The van der Waals surface area contributed by atoms with Crippen LogP contribution in [0.25, 0.3) is 0 Å². The lowest BCUT2D eigenvalue weighted by Crippen LogP contribution is -2.24. The van der Waals surface area contributed by atoms with E-state index >= 15 is 0 Å². The van der Waals surface area contributed by atoms with Gasteiger partial charge in [-0.3, -0.25) is 4.79 Å². The van der Waals surface area contributed by atoms with Crippen LogP contribution in [0.15, 0.2) is 29.2 Å². The second-order valence-electron chi connectivity index (χ2n) is 3.60. The van der Waals surface area contributed by atoms with Gasteiger partial charge in [0, 0.05) is 16.1 Å². The van der Waals surface area contributed by atoms with E-state index in [1.54, 1.807) is 11.8 Å². The second-order valence-corrected chi connectivity index (χ2v) is 5.02. The minimum absolute atomic E-state index is 0.0624. The summed E-state index contributed by atoms with van der Waals surface area (Å²) in [7, 11) is 0. The number of amides is 1. The van der Waals surface area contributed by atoms with Gasteiger partial charge in [-0.25, -0.2) is 0 Å². The van der Waals surface area contributed by atoms with Gasteiger partial charge >= 0.3 is 0 Å². The predicted octanol–water partition coefficient (Wildman–Crippen LogP) is 2.76. The Morgan fingerprint density at radius 3 is 2.79 bits per heavy atom. The van der Waals surface area contributed by atoms with E-state index < -0.39 is 0 Å². The van der Waals surface area contributed by atoms with Crippen molar-refractivity contribution in [1.29, 1.82) is 0 Å². The quantitative estimate of drug-likeness (QED) is 0.708. The van der Waals surface area contributed by atoms with E-state index in [1.165, 1.54) is 0 Å². The summed E-state index contributed by atoms with van der Waals surface area (Å²) >= 11 is 1.76. The molecule has 0 saturated heterocycles. The maximum atomic E-state index is 11.7. The summed E-state index contributed by atoms with van der Waals surface area (Å²) in [5.74, 6) is 0.183. The highest BCUT2D eigenvalue weighted by molar-refractivity contribution is 8.00. The third-order valence-corrected chi connectivity index (χ3v) is 3.97. The lowest BCUT2D eigenvalue weighted by Gasteiger charge is -2.12. The number of anilines is 1. The first-order chi connectivity index (χ1) is 6.68. The van der Waals surface area contributed by atoms with E-state index in [1.807, 2.05) is 25.1 Å². The van der Waals surface area contributed by atoms with Crippen LogP contribution in [0.1, 0.15) is 13.8 Å². The van der Waals surface area contributed by atoms with E-state index in [4.69, 9.17) is 0 Å². The van der Waals surface area contributed by atoms with Gasteiger partial charge in [0.15, 0.2) is 0 Å². The molecule has 74 valence electrons. The summed E-state index contributed by atoms with van der Waals surface area (Å²) in [4.78, 5) is 12.8. The number of benzene rings is 1. The molecule has 3 heteroatoms. The molecule has 1 amide bonds. The third kappa shape index (κ3) is 1.64. The number of rotatable bonds is 0. The molecule has 1 heterocycles. The number of hydrogen-bond acceptors (Lipinski definition) is 2. The molecule has 1 aliphatic heterocycles. The Morgan fingerprint density at radius 1 is 1.29 bits per heavy atom. The highest BCUT2D eigenvalue weighted by atomic mass is 32.2. The van der Waals surface area contributed by atoms with Crippen LogP contribution in [0.5, 0.6) is 0 Å². The Morgan fingerprint density at radius 2 is 2.00 bits per heavy atom. The molecule has 1 aliphatic rings. The third-order valence-electron chi connectivity index (χ3n) is 2.58. The van der Waals surface area contributed by atoms with Crippen molar-refractivity contribution in [3.63, 3.8) is 0 Å². The van der Waals surface area contributed by atoms with E-state index in [0.717, 1.165) is 10.6 Å². The fourth-order valence-electron chi connectivity index (χ4n) is 1.43. The summed E-state index contributed by atoms with van der Waals surface area (Å²) in [5, 5.41) is 3.27. The second kappa shape index (κ2) is 3.65. The first-order valence-corrected chi connectivity index (χ1v) is 5.63. The Labute approximate surface area is 88.1 Å². The van der Waals surface area contributed by atoms with Crippen LogP contribution in [-0.4, -0.2) is 11.2 Å². The van der Waals surface area contributed by atoms with Gasteiger partial charge in [-0.2, -0.15) is 0 Å². The van der Waals surface area contributed by atoms with Crippen LogP contribution >= 0.6 is 11.8 Å². The van der Waals surface area contributed by atoms with E-state index in [0.29, 0.717) is 5.25 Å². The molecule has 0 aromatic heterocycles. The van der Waals surface area contributed by atoms with Crippen molar-refractivity contribution >= 4 is 23.4 Å². The Hall–Kier alpha value is -0.960. The van der Waals surface area contributed by atoms with Gasteiger partial charge in [-0.1, -0.05) is 26.0 Å². The molecular formula is C11H13NOS. The van der Waals surface area contributed by atoms with E-state index in [-0.39, 0.29) is 11.8 Å². The average molecular weight is 207 g/mol. The number of carbonyl (C=O) groups is 1. The number of carbonyl (C=O) groups excluding carboxylic acids is 1. The molecule has 0 spiro atoms. The fraction of sp³-hybridized carbons (Fsp3) is 0.364. The predicted molar refractivity (Wildman–Crippen MR) is 59.6 cm³/mol. The van der Waals surface area contributed by atoms with Crippen molar-refractivity contribution in [2.45, 2.75) is 24.0 Å². The molecule has 2 atom stereocenters. The molecular weight excluding hydrogens is 194 g/mol. The van der Waals surface area contributed by atoms with E-state index in [2.05, 4.69) is 18.3 Å². The van der Waals surface area contributed by atoms with Gasteiger partial charge in [0.2, 0.25) is 5.91 Å². The van der Waals surface area contributed by atoms with Crippen molar-refractivity contribution < 1.29 is 4.79 Å². The number of nitrogens with one attached hydrogen (secondary N) is 1. The maximum absolute atomic E-state index is 11.7. The highest BCUT2D eigenvalue weighted by Crippen LogP contribution is 2.36. The molecule has 2 rings (SSSR count). The Kier molecular flexibility index (Phi) is 2.50. The molecule has 0 unspecified atom stereocenters. The number of thioether (sulfide) groups is 1. The number of para-hydroxylation sites is 1. The summed E-state index contributed by atoms with van der Waals surface area (Å²) in [6, 6.07) is 7.95. The maximum Gasteiger partial charge on any atom is 0.228 e. The molecule has 14 heavy (non-hydrogen) atoms. The van der Waals surface area contributed by atoms with Gasteiger partial charge in [-0.15, -0.1) is 11.8 Å². The SMILES string of the molecule is C[C@@H]1Sc2ccccc2NC(=O)[C@H]1C. The molecule has 0 bridgehead atoms. The molecule has 0 radical (unpaired) electrons. The largest absolute Gasteiger partial charge is 0.325 e. The molecule has 1 aromatic rings. The first kappa shape index (κ1) is 9.59. The standard InChI is InChI=1S/C11H13NOS/c1-7-8(2)14-10-6-4-3-5-9(10)12-11(7)13/h3-8H,1-2H3,(H,12,13)/t7-,8-/m0/s1. The summed E-state index contributed by atoms with van der Waals surface area (Å²) in [6.45, 7) is 4.07. The smallest absolute Gasteiger partial charge is 0.228 e. The minimum Gasteiger partial charge on any atom is -0.325 e. The summed E-state index contributed by atoms with van der Waals surface area (Å²) < 4.78 is 0. The van der Waals surface area contributed by atoms with Crippen LogP contribution < -0.4 is 5.32 Å². The molecule has 0 aliphatic carbocycles. The summed E-state index contributed by atoms with van der Waals surface area (Å²) in [6.07, 6.45) is 0. The summed E-state index contributed by atoms with van der Waals surface area (Å²) in [5.41, 5.74) is 0.943. The number of hydrogen-bond donors (Lipinski definition) is 1. The van der Waals surface area contributed by atoms with Crippen LogP contribution in [0.3, 0.4) is 0 Å².